The van der Waals surface area contributed by atoms with Crippen molar-refractivity contribution < 1.29 is 9.53 Å². The highest BCUT2D eigenvalue weighted by molar-refractivity contribution is 9.09. The molecule has 148 valence electrons. The molecule has 0 saturated carbocycles. The molecule has 0 aromatic rings. The molecule has 0 saturated heterocycles. The van der Waals surface area contributed by atoms with Crippen LogP contribution in [0.4, 0.5) is 0 Å². The molecule has 0 radical (unpaired) electrons. The van der Waals surface area contributed by atoms with E-state index in [4.69, 9.17) is 0 Å². The zero-order valence-corrected chi connectivity index (χ0v) is 18.5. The lowest BCUT2D eigenvalue weighted by Gasteiger charge is -2.19. The molecule has 0 aliphatic heterocycles. The quantitative estimate of drug-likeness (QED) is 0.119. The molecule has 0 heterocycles. The summed E-state index contributed by atoms with van der Waals surface area (Å²) in [5.41, 5.74) is 0.305. The Labute approximate surface area is 169 Å². The second-order valence-electron chi connectivity index (χ2n) is 7.13. The van der Waals surface area contributed by atoms with Gasteiger partial charge >= 0.3 is 5.97 Å². The Morgan fingerprint density at radius 2 is 1.46 bits per heavy atom. The van der Waals surface area contributed by atoms with E-state index in [1.807, 2.05) is 0 Å². The fourth-order valence-corrected chi connectivity index (χ4v) is 2.84. The van der Waals surface area contributed by atoms with E-state index in [1.54, 1.807) is 0 Å². The van der Waals surface area contributed by atoms with Crippen LogP contribution in [-0.2, 0) is 9.53 Å². The summed E-state index contributed by atoms with van der Waals surface area (Å²) >= 11 is 3.49. The lowest BCUT2D eigenvalue weighted by atomic mass is 9.87. The Hall–Kier alpha value is -1.09. The number of hydrogen-bond acceptors (Lipinski definition) is 2. The number of hydrogen-bond donors (Lipinski definition) is 0. The smallest absolute Gasteiger partial charge is 0.305 e. The van der Waals surface area contributed by atoms with E-state index in [9.17, 15) is 4.79 Å². The number of unbranched alkanes of at least 4 members (excludes halogenated alkanes) is 2. The molecule has 0 spiro atoms. The van der Waals surface area contributed by atoms with Gasteiger partial charge in [-0.1, -0.05) is 84.8 Å². The van der Waals surface area contributed by atoms with Crippen LogP contribution in [0.1, 0.15) is 71.6 Å². The summed E-state index contributed by atoms with van der Waals surface area (Å²) in [6.07, 6.45) is 26.8. The zero-order chi connectivity index (χ0) is 19.5. The molecule has 0 aromatic heterocycles. The monoisotopic (exact) mass is 424 g/mol. The number of carbonyl (C=O) groups excluding carboxylic acids is 1. The average Bonchev–Trinajstić information content (AvgIpc) is 2.61. The summed E-state index contributed by atoms with van der Waals surface area (Å²) in [6, 6.07) is 0. The van der Waals surface area contributed by atoms with Gasteiger partial charge in [0.15, 0.2) is 0 Å². The molecule has 0 amide bonds. The van der Waals surface area contributed by atoms with Crippen molar-refractivity contribution in [3.05, 3.63) is 48.6 Å². The van der Waals surface area contributed by atoms with E-state index in [2.05, 4.69) is 83.1 Å². The summed E-state index contributed by atoms with van der Waals surface area (Å²) < 4.78 is 4.61. The van der Waals surface area contributed by atoms with Crippen molar-refractivity contribution in [2.24, 2.45) is 5.41 Å². The first-order valence-electron chi connectivity index (χ1n) is 9.77. The molecule has 0 bridgehead atoms. The van der Waals surface area contributed by atoms with Gasteiger partial charge in [0, 0.05) is 11.8 Å². The molecule has 0 aliphatic rings. The van der Waals surface area contributed by atoms with E-state index < -0.39 is 0 Å². The minimum Gasteiger partial charge on any atom is -0.469 e. The van der Waals surface area contributed by atoms with Gasteiger partial charge in [-0.3, -0.25) is 4.79 Å². The number of rotatable bonds is 15. The highest BCUT2D eigenvalue weighted by atomic mass is 79.9. The lowest BCUT2D eigenvalue weighted by molar-refractivity contribution is -0.140. The standard InChI is InChI=1S/C23H37BrO2/c1-23(2,20-16-17-21-24)19-15-13-11-9-7-5-4-6-8-10-12-14-18-22(25)26-3/h4-5,8-11,15,19H,6-7,12-14,16-18,20-21H2,1-3H3/b5-4-,10-8-,11-9-,19-15-. The maximum Gasteiger partial charge on any atom is 0.305 e. The van der Waals surface area contributed by atoms with E-state index in [0.29, 0.717) is 11.8 Å². The maximum absolute atomic E-state index is 10.9. The highest BCUT2D eigenvalue weighted by Crippen LogP contribution is 2.25. The van der Waals surface area contributed by atoms with Gasteiger partial charge in [-0.25, -0.2) is 0 Å². The Morgan fingerprint density at radius 3 is 2.04 bits per heavy atom. The lowest BCUT2D eigenvalue weighted by Crippen LogP contribution is -2.06. The number of alkyl halides is 1. The molecule has 0 aromatic carbocycles. The predicted octanol–water partition coefficient (Wildman–Crippen LogP) is 7.32. The Kier molecular flexibility index (Phi) is 16.6. The van der Waals surface area contributed by atoms with Crippen molar-refractivity contribution in [1.82, 2.24) is 0 Å². The summed E-state index contributed by atoms with van der Waals surface area (Å²) in [5.74, 6) is -0.127. The fourth-order valence-electron chi connectivity index (χ4n) is 2.45. The number of carbonyl (C=O) groups is 1. The number of ether oxygens (including phenoxy) is 1. The second-order valence-corrected chi connectivity index (χ2v) is 7.92. The van der Waals surface area contributed by atoms with Crippen molar-refractivity contribution in [1.29, 1.82) is 0 Å². The topological polar surface area (TPSA) is 26.3 Å². The number of allylic oxidation sites excluding steroid dienone is 8. The van der Waals surface area contributed by atoms with Crippen molar-refractivity contribution in [3.8, 4) is 0 Å². The fraction of sp³-hybridized carbons (Fsp3) is 0.609. The Bertz CT molecular complexity index is 459. The molecule has 0 unspecified atom stereocenters. The van der Waals surface area contributed by atoms with Crippen LogP contribution in [0.2, 0.25) is 0 Å². The molecule has 0 atom stereocenters. The number of esters is 1. The van der Waals surface area contributed by atoms with Gasteiger partial charge in [0.2, 0.25) is 0 Å². The summed E-state index contributed by atoms with van der Waals surface area (Å²) in [7, 11) is 1.43. The summed E-state index contributed by atoms with van der Waals surface area (Å²) in [5, 5.41) is 1.11. The van der Waals surface area contributed by atoms with Gasteiger partial charge in [0.05, 0.1) is 7.11 Å². The predicted molar refractivity (Wildman–Crippen MR) is 118 cm³/mol. The van der Waals surface area contributed by atoms with Crippen LogP contribution in [0.5, 0.6) is 0 Å². The Morgan fingerprint density at radius 1 is 0.885 bits per heavy atom. The zero-order valence-electron chi connectivity index (χ0n) is 16.9. The van der Waals surface area contributed by atoms with Crippen LogP contribution in [0.15, 0.2) is 48.6 Å². The molecule has 0 fully saturated rings. The minimum absolute atomic E-state index is 0.127. The van der Waals surface area contributed by atoms with E-state index in [0.717, 1.165) is 37.4 Å². The molecule has 0 N–H and O–H groups in total. The van der Waals surface area contributed by atoms with Crippen LogP contribution >= 0.6 is 15.9 Å². The van der Waals surface area contributed by atoms with Gasteiger partial charge in [-0.15, -0.1) is 0 Å². The van der Waals surface area contributed by atoms with Crippen LogP contribution in [0.3, 0.4) is 0 Å². The normalized spacial score (nSPS) is 12.9. The van der Waals surface area contributed by atoms with Crippen LogP contribution in [-0.4, -0.2) is 18.4 Å². The summed E-state index contributed by atoms with van der Waals surface area (Å²) in [6.45, 7) is 4.63. The largest absolute Gasteiger partial charge is 0.469 e. The number of methoxy groups -OCH3 is 1. The first kappa shape index (κ1) is 24.9. The molecule has 26 heavy (non-hydrogen) atoms. The third kappa shape index (κ3) is 17.7. The van der Waals surface area contributed by atoms with Crippen molar-refractivity contribution in [2.75, 3.05) is 12.4 Å². The first-order valence-corrected chi connectivity index (χ1v) is 10.9. The van der Waals surface area contributed by atoms with Crippen LogP contribution in [0, 0.1) is 5.41 Å². The van der Waals surface area contributed by atoms with Crippen molar-refractivity contribution in [2.45, 2.75) is 71.6 Å². The third-order valence-electron chi connectivity index (χ3n) is 4.07. The van der Waals surface area contributed by atoms with Gasteiger partial charge in [-0.05, 0) is 50.4 Å². The van der Waals surface area contributed by atoms with E-state index in [-0.39, 0.29) is 5.97 Å². The summed E-state index contributed by atoms with van der Waals surface area (Å²) in [4.78, 5) is 10.9. The minimum atomic E-state index is -0.127. The third-order valence-corrected chi connectivity index (χ3v) is 4.63. The van der Waals surface area contributed by atoms with Crippen molar-refractivity contribution in [3.63, 3.8) is 0 Å². The highest BCUT2D eigenvalue weighted by Gasteiger charge is 2.12. The molecule has 0 aliphatic carbocycles. The van der Waals surface area contributed by atoms with Gasteiger partial charge in [0.1, 0.15) is 0 Å². The van der Waals surface area contributed by atoms with Gasteiger partial charge in [-0.2, -0.15) is 0 Å². The van der Waals surface area contributed by atoms with E-state index in [1.165, 1.54) is 26.4 Å². The van der Waals surface area contributed by atoms with Crippen LogP contribution < -0.4 is 0 Å². The molecular formula is C23H37BrO2. The van der Waals surface area contributed by atoms with Gasteiger partial charge in [0.25, 0.3) is 0 Å². The first-order chi connectivity index (χ1) is 12.5. The Balaban J connectivity index is 3.69. The molecule has 3 heteroatoms. The second kappa shape index (κ2) is 17.3. The molecule has 0 rings (SSSR count). The van der Waals surface area contributed by atoms with Crippen molar-refractivity contribution >= 4 is 21.9 Å². The number of halogens is 1. The van der Waals surface area contributed by atoms with E-state index >= 15 is 0 Å². The van der Waals surface area contributed by atoms with Crippen LogP contribution in [0.25, 0.3) is 0 Å². The molecular weight excluding hydrogens is 388 g/mol. The maximum atomic E-state index is 10.9. The molecule has 2 nitrogen and oxygen atoms in total. The average molecular weight is 425 g/mol. The van der Waals surface area contributed by atoms with Gasteiger partial charge < -0.3 is 4.74 Å². The SMILES string of the molecule is COC(=O)CCC/C=C\C/C=C\C/C=C\C/C=C\C(C)(C)CCCCBr.